The normalized spacial score (nSPS) is 12.3. The van der Waals surface area contributed by atoms with Gasteiger partial charge in [-0.15, -0.1) is 0 Å². The maximum absolute atomic E-state index is 11.9. The summed E-state index contributed by atoms with van der Waals surface area (Å²) >= 11 is 0. The monoisotopic (exact) mass is 328 g/mol. The quantitative estimate of drug-likeness (QED) is 0.709. The van der Waals surface area contributed by atoms with Crippen LogP contribution in [0, 0.1) is 28.6 Å². The molecular formula is C22H20N2O. The van der Waals surface area contributed by atoms with E-state index in [1.807, 2.05) is 79.7 Å². The topological polar surface area (TPSA) is 64.7 Å². The van der Waals surface area contributed by atoms with E-state index < -0.39 is 0 Å². The van der Waals surface area contributed by atoms with E-state index in [0.29, 0.717) is 12.0 Å². The van der Waals surface area contributed by atoms with Gasteiger partial charge in [-0.1, -0.05) is 67.6 Å². The Morgan fingerprint density at radius 3 is 1.96 bits per heavy atom. The number of benzene rings is 2. The highest BCUT2D eigenvalue weighted by atomic mass is 16.1. The van der Waals surface area contributed by atoms with Crippen molar-refractivity contribution in [2.24, 2.45) is 5.92 Å². The maximum Gasteiger partial charge on any atom is 0.133 e. The Kier molecular flexibility index (Phi) is 6.26. The van der Waals surface area contributed by atoms with E-state index in [0.717, 1.165) is 11.1 Å². The van der Waals surface area contributed by atoms with Crippen molar-refractivity contribution in [3.63, 3.8) is 0 Å². The number of nitriles is 2. The molecule has 0 amide bonds. The summed E-state index contributed by atoms with van der Waals surface area (Å²) in [7, 11) is 0. The summed E-state index contributed by atoms with van der Waals surface area (Å²) in [5, 5.41) is 18.9. The number of hydrogen-bond donors (Lipinski definition) is 0. The Balaban J connectivity index is 2.59. The van der Waals surface area contributed by atoms with Gasteiger partial charge >= 0.3 is 0 Å². The lowest BCUT2D eigenvalue weighted by Crippen LogP contribution is -2.16. The molecule has 0 N–H and O–H groups in total. The fraction of sp³-hybridized carbons (Fsp3) is 0.227. The van der Waals surface area contributed by atoms with Gasteiger partial charge in [0.1, 0.15) is 23.5 Å². The molecule has 3 heteroatoms. The Morgan fingerprint density at radius 2 is 1.48 bits per heavy atom. The Hall–Kier alpha value is -3.17. The number of carbonyl (C=O) groups excluding carboxylic acids is 1. The van der Waals surface area contributed by atoms with Crippen LogP contribution in [0.15, 0.2) is 66.2 Å². The molecule has 3 nitrogen and oxygen atoms in total. The lowest BCUT2D eigenvalue weighted by atomic mass is 9.76. The van der Waals surface area contributed by atoms with E-state index in [-0.39, 0.29) is 23.2 Å². The predicted molar refractivity (Wildman–Crippen MR) is 98.2 cm³/mol. The van der Waals surface area contributed by atoms with Crippen LogP contribution in [0.2, 0.25) is 0 Å². The molecule has 2 atom stereocenters. The van der Waals surface area contributed by atoms with Crippen molar-refractivity contribution in [3.05, 3.63) is 77.4 Å². The van der Waals surface area contributed by atoms with Gasteiger partial charge < -0.3 is 4.79 Å². The second kappa shape index (κ2) is 8.62. The zero-order valence-electron chi connectivity index (χ0n) is 14.4. The van der Waals surface area contributed by atoms with Gasteiger partial charge in [-0.3, -0.25) is 0 Å². The summed E-state index contributed by atoms with van der Waals surface area (Å²) in [6.45, 7) is 3.56. The van der Waals surface area contributed by atoms with Crippen LogP contribution in [0.5, 0.6) is 0 Å². The highest BCUT2D eigenvalue weighted by Gasteiger charge is 2.27. The summed E-state index contributed by atoms with van der Waals surface area (Å²) in [5.41, 5.74) is 2.68. The van der Waals surface area contributed by atoms with Crippen LogP contribution in [-0.4, -0.2) is 5.78 Å². The number of ketones is 1. The molecule has 0 heterocycles. The molecule has 0 aliphatic carbocycles. The van der Waals surface area contributed by atoms with Crippen LogP contribution < -0.4 is 0 Å². The van der Waals surface area contributed by atoms with Crippen molar-refractivity contribution in [1.29, 1.82) is 10.5 Å². The average Bonchev–Trinajstić information content (AvgIpc) is 2.65. The predicted octanol–water partition coefficient (Wildman–Crippen LogP) is 4.89. The van der Waals surface area contributed by atoms with Crippen LogP contribution >= 0.6 is 0 Å². The van der Waals surface area contributed by atoms with Gasteiger partial charge in [0.25, 0.3) is 0 Å². The van der Waals surface area contributed by atoms with Crippen molar-refractivity contribution in [2.75, 3.05) is 0 Å². The second-order valence-electron chi connectivity index (χ2n) is 6.09. The van der Waals surface area contributed by atoms with Crippen molar-refractivity contribution >= 4 is 11.4 Å². The molecule has 2 rings (SSSR count). The van der Waals surface area contributed by atoms with Crippen LogP contribution in [0.1, 0.15) is 37.3 Å². The molecule has 0 aliphatic heterocycles. The Morgan fingerprint density at radius 1 is 0.960 bits per heavy atom. The van der Waals surface area contributed by atoms with Crippen LogP contribution in [-0.2, 0) is 4.79 Å². The molecule has 0 fully saturated rings. The van der Waals surface area contributed by atoms with Gasteiger partial charge in [0.05, 0.1) is 0 Å². The lowest BCUT2D eigenvalue weighted by molar-refractivity contribution is -0.117. The minimum absolute atomic E-state index is 0.0866. The zero-order chi connectivity index (χ0) is 18.2. The maximum atomic E-state index is 11.9. The van der Waals surface area contributed by atoms with Crippen LogP contribution in [0.4, 0.5) is 0 Å². The molecule has 124 valence electrons. The molecule has 2 aromatic carbocycles. The van der Waals surface area contributed by atoms with Gasteiger partial charge in [0.2, 0.25) is 0 Å². The lowest BCUT2D eigenvalue weighted by Gasteiger charge is -2.26. The van der Waals surface area contributed by atoms with E-state index in [1.165, 1.54) is 0 Å². The zero-order valence-corrected chi connectivity index (χ0v) is 14.4. The van der Waals surface area contributed by atoms with Gasteiger partial charge in [0, 0.05) is 6.42 Å². The van der Waals surface area contributed by atoms with E-state index in [9.17, 15) is 15.3 Å². The Labute approximate surface area is 148 Å². The van der Waals surface area contributed by atoms with Gasteiger partial charge in [-0.05, 0) is 35.5 Å². The summed E-state index contributed by atoms with van der Waals surface area (Å²) in [6.07, 6.45) is 0.367. The van der Waals surface area contributed by atoms with E-state index in [1.54, 1.807) is 6.92 Å². The molecule has 0 aromatic heterocycles. The fourth-order valence-electron chi connectivity index (χ4n) is 3.19. The largest absolute Gasteiger partial charge is 0.300 e. The molecule has 0 radical (unpaired) electrons. The average molecular weight is 328 g/mol. The SMILES string of the molecule is CC(=O)C[C@@H](c1ccccc1)[C@H](C)C(=C(C#N)C#N)c1ccccc1. The minimum Gasteiger partial charge on any atom is -0.300 e. The van der Waals surface area contributed by atoms with E-state index in [2.05, 4.69) is 0 Å². The third-order valence-corrected chi connectivity index (χ3v) is 4.37. The van der Waals surface area contributed by atoms with Gasteiger partial charge in [-0.2, -0.15) is 10.5 Å². The first-order valence-corrected chi connectivity index (χ1v) is 8.22. The van der Waals surface area contributed by atoms with Gasteiger partial charge in [0.15, 0.2) is 0 Å². The molecule has 25 heavy (non-hydrogen) atoms. The first-order chi connectivity index (χ1) is 12.1. The first kappa shape index (κ1) is 18.2. The van der Waals surface area contributed by atoms with Crippen LogP contribution in [0.3, 0.4) is 0 Å². The van der Waals surface area contributed by atoms with Gasteiger partial charge in [-0.25, -0.2) is 0 Å². The standard InChI is InChI=1S/C22H20N2O/c1-16(25)13-21(18-9-5-3-6-10-18)17(2)22(20(14-23)15-24)19-11-7-4-8-12-19/h3-12,17,21H,13H2,1-2H3/t17-,21+/m0/s1. The molecule has 0 unspecified atom stereocenters. The van der Waals surface area contributed by atoms with E-state index in [4.69, 9.17) is 0 Å². The van der Waals surface area contributed by atoms with Crippen LogP contribution in [0.25, 0.3) is 5.57 Å². The number of nitrogens with zero attached hydrogens (tertiary/aromatic N) is 2. The molecule has 0 spiro atoms. The summed E-state index contributed by atoms with van der Waals surface area (Å²) in [4.78, 5) is 11.9. The first-order valence-electron chi connectivity index (χ1n) is 8.22. The summed E-state index contributed by atoms with van der Waals surface area (Å²) in [6, 6.07) is 23.3. The second-order valence-corrected chi connectivity index (χ2v) is 6.09. The van der Waals surface area contributed by atoms with Crippen molar-refractivity contribution < 1.29 is 4.79 Å². The van der Waals surface area contributed by atoms with Crippen molar-refractivity contribution in [2.45, 2.75) is 26.2 Å². The molecule has 0 saturated carbocycles. The summed E-state index contributed by atoms with van der Waals surface area (Å²) in [5.74, 6) is -0.155. The number of rotatable bonds is 6. The fourth-order valence-corrected chi connectivity index (χ4v) is 3.19. The molecule has 0 bridgehead atoms. The summed E-state index contributed by atoms with van der Waals surface area (Å²) < 4.78 is 0. The highest BCUT2D eigenvalue weighted by molar-refractivity contribution is 5.80. The minimum atomic E-state index is -0.150. The number of Topliss-reactive ketones (excluding diaryl/α,β-unsaturated/α-hetero) is 1. The number of hydrogen-bond acceptors (Lipinski definition) is 3. The highest BCUT2D eigenvalue weighted by Crippen LogP contribution is 2.39. The van der Waals surface area contributed by atoms with Crippen molar-refractivity contribution in [1.82, 2.24) is 0 Å². The van der Waals surface area contributed by atoms with E-state index >= 15 is 0 Å². The molecule has 0 saturated heterocycles. The number of carbonyl (C=O) groups is 1. The molecular weight excluding hydrogens is 308 g/mol. The van der Waals surface area contributed by atoms with Crippen molar-refractivity contribution in [3.8, 4) is 12.1 Å². The third kappa shape index (κ3) is 4.43. The number of allylic oxidation sites excluding steroid dienone is 2. The molecule has 2 aromatic rings. The third-order valence-electron chi connectivity index (χ3n) is 4.37. The molecule has 0 aliphatic rings. The smallest absolute Gasteiger partial charge is 0.133 e. The Bertz CT molecular complexity index is 823.